The summed E-state index contributed by atoms with van der Waals surface area (Å²) in [6.07, 6.45) is 2.03. The first-order chi connectivity index (χ1) is 11.9. The summed E-state index contributed by atoms with van der Waals surface area (Å²) < 4.78 is 21.9. The first kappa shape index (κ1) is 20.9. The van der Waals surface area contributed by atoms with E-state index >= 15 is 0 Å². The Morgan fingerprint density at radius 3 is 2.42 bits per heavy atom. The van der Waals surface area contributed by atoms with Gasteiger partial charge in [-0.1, -0.05) is 6.92 Å². The van der Waals surface area contributed by atoms with Gasteiger partial charge in [0.1, 0.15) is 18.3 Å². The number of rotatable bonds is 5. The van der Waals surface area contributed by atoms with Crippen LogP contribution in [-0.2, 0) is 28.5 Å². The van der Waals surface area contributed by atoms with E-state index in [-0.39, 0.29) is 35.6 Å². The molecule has 0 amide bonds. The molecule has 6 nitrogen and oxygen atoms in total. The number of esters is 2. The Morgan fingerprint density at radius 1 is 1.27 bits per heavy atom. The second-order valence-corrected chi connectivity index (χ2v) is 9.14. The Morgan fingerprint density at radius 2 is 1.92 bits per heavy atom. The van der Waals surface area contributed by atoms with Gasteiger partial charge < -0.3 is 18.9 Å². The van der Waals surface area contributed by atoms with Crippen molar-refractivity contribution in [1.82, 2.24) is 0 Å². The molecule has 1 aliphatic heterocycles. The molecule has 1 aliphatic carbocycles. The number of ether oxygens (including phenoxy) is 4. The van der Waals surface area contributed by atoms with Gasteiger partial charge in [-0.25, -0.2) is 0 Å². The van der Waals surface area contributed by atoms with Crippen LogP contribution in [0.3, 0.4) is 0 Å². The Labute approximate surface area is 160 Å². The number of hydrogen-bond acceptors (Lipinski definition) is 7. The monoisotopic (exact) mass is 386 g/mol. The highest BCUT2D eigenvalue weighted by atomic mass is 32.1. The highest BCUT2D eigenvalue weighted by molar-refractivity contribution is 7.79. The van der Waals surface area contributed by atoms with Gasteiger partial charge in [-0.3, -0.25) is 9.59 Å². The first-order valence-corrected chi connectivity index (χ1v) is 9.47. The molecule has 1 heterocycles. The molecule has 0 spiro atoms. The van der Waals surface area contributed by atoms with E-state index < -0.39 is 16.4 Å². The van der Waals surface area contributed by atoms with Crippen LogP contribution in [-0.4, -0.2) is 42.6 Å². The van der Waals surface area contributed by atoms with Gasteiger partial charge in [0.2, 0.25) is 0 Å². The van der Waals surface area contributed by atoms with Crippen LogP contribution in [0.25, 0.3) is 0 Å². The molecule has 7 heteroatoms. The lowest BCUT2D eigenvalue weighted by atomic mass is 9.68. The van der Waals surface area contributed by atoms with Crippen LogP contribution in [0.5, 0.6) is 0 Å². The van der Waals surface area contributed by atoms with Crippen molar-refractivity contribution in [2.24, 2.45) is 16.7 Å². The maximum absolute atomic E-state index is 12.5. The van der Waals surface area contributed by atoms with Crippen LogP contribution in [0.2, 0.25) is 0 Å². The summed E-state index contributed by atoms with van der Waals surface area (Å²) in [5, 5.41) is 0.151. The lowest BCUT2D eigenvalue weighted by molar-refractivity contribution is -0.167. The highest BCUT2D eigenvalue weighted by Gasteiger charge is 2.59. The second kappa shape index (κ2) is 7.33. The number of carbonyl (C=O) groups excluding carboxylic acids is 2. The quantitative estimate of drug-likeness (QED) is 0.530. The maximum Gasteiger partial charge on any atom is 0.353 e. The number of methoxy groups -OCH3 is 1. The molecule has 0 bridgehead atoms. The molecular formula is C19H30O6S. The second-order valence-electron chi connectivity index (χ2n) is 8.81. The van der Waals surface area contributed by atoms with Crippen molar-refractivity contribution < 1.29 is 28.5 Å². The summed E-state index contributed by atoms with van der Waals surface area (Å²) in [5.74, 6) is -0.475. The SMILES string of the molecule is COC(=O)CC[C@]1(C)[C@@H](OC(=O)C(C)(C)C)CC[C@H]1[C@@]1(C)COC(=S)O1. The predicted octanol–water partition coefficient (Wildman–Crippen LogP) is 3.40. The molecule has 0 N–H and O–H groups in total. The summed E-state index contributed by atoms with van der Waals surface area (Å²) in [6.45, 7) is 9.90. The third-order valence-electron chi connectivity index (χ3n) is 5.74. The summed E-state index contributed by atoms with van der Waals surface area (Å²) in [4.78, 5) is 24.2. The smallest absolute Gasteiger partial charge is 0.353 e. The third kappa shape index (κ3) is 4.13. The first-order valence-electron chi connectivity index (χ1n) is 9.06. The van der Waals surface area contributed by atoms with E-state index in [0.717, 1.165) is 12.8 Å². The Balaban J connectivity index is 2.26. The molecule has 2 fully saturated rings. The molecule has 1 saturated heterocycles. The molecule has 148 valence electrons. The molecule has 26 heavy (non-hydrogen) atoms. The van der Waals surface area contributed by atoms with Crippen LogP contribution >= 0.6 is 12.2 Å². The largest absolute Gasteiger partial charge is 0.469 e. The topological polar surface area (TPSA) is 71.1 Å². The zero-order valence-electron chi connectivity index (χ0n) is 16.5. The van der Waals surface area contributed by atoms with E-state index in [2.05, 4.69) is 6.92 Å². The third-order valence-corrected chi connectivity index (χ3v) is 5.94. The normalized spacial score (nSPS) is 34.2. The van der Waals surface area contributed by atoms with E-state index in [4.69, 9.17) is 31.2 Å². The van der Waals surface area contributed by atoms with Gasteiger partial charge in [0, 0.05) is 30.0 Å². The van der Waals surface area contributed by atoms with Crippen molar-refractivity contribution in [1.29, 1.82) is 0 Å². The van der Waals surface area contributed by atoms with Crippen molar-refractivity contribution in [3.8, 4) is 0 Å². The van der Waals surface area contributed by atoms with Crippen molar-refractivity contribution in [2.75, 3.05) is 13.7 Å². The lowest BCUT2D eigenvalue weighted by Gasteiger charge is -2.42. The number of thiocarbonyl (C=S) groups is 1. The zero-order valence-corrected chi connectivity index (χ0v) is 17.4. The molecule has 0 radical (unpaired) electrons. The lowest BCUT2D eigenvalue weighted by Crippen LogP contribution is -2.48. The molecule has 0 aromatic heterocycles. The van der Waals surface area contributed by atoms with Crippen LogP contribution in [0, 0.1) is 16.7 Å². The average molecular weight is 387 g/mol. The van der Waals surface area contributed by atoms with E-state index in [9.17, 15) is 9.59 Å². The van der Waals surface area contributed by atoms with Crippen molar-refractivity contribution in [2.45, 2.75) is 72.0 Å². The van der Waals surface area contributed by atoms with E-state index in [1.165, 1.54) is 7.11 Å². The van der Waals surface area contributed by atoms with Gasteiger partial charge >= 0.3 is 17.2 Å². The van der Waals surface area contributed by atoms with Crippen LogP contribution in [0.15, 0.2) is 0 Å². The molecule has 0 unspecified atom stereocenters. The van der Waals surface area contributed by atoms with Gasteiger partial charge in [-0.05, 0) is 47.0 Å². The van der Waals surface area contributed by atoms with Crippen molar-refractivity contribution >= 4 is 29.4 Å². The molecule has 2 aliphatic rings. The minimum Gasteiger partial charge on any atom is -0.469 e. The summed E-state index contributed by atoms with van der Waals surface area (Å²) in [7, 11) is 1.38. The number of carbonyl (C=O) groups is 2. The van der Waals surface area contributed by atoms with Gasteiger partial charge in [-0.2, -0.15) is 0 Å². The summed E-state index contributed by atoms with van der Waals surface area (Å²) >= 11 is 5.05. The fraction of sp³-hybridized carbons (Fsp3) is 0.842. The maximum atomic E-state index is 12.5. The number of hydrogen-bond donors (Lipinski definition) is 0. The minimum atomic E-state index is -0.592. The fourth-order valence-corrected chi connectivity index (χ4v) is 4.39. The Kier molecular flexibility index (Phi) is 5.90. The highest BCUT2D eigenvalue weighted by Crippen LogP contribution is 2.54. The zero-order chi connectivity index (χ0) is 19.8. The fourth-order valence-electron chi connectivity index (χ4n) is 4.14. The molecule has 4 atom stereocenters. The minimum absolute atomic E-state index is 0.0397. The Bertz CT molecular complexity index is 583. The van der Waals surface area contributed by atoms with E-state index in [1.54, 1.807) is 0 Å². The molecule has 0 aromatic carbocycles. The van der Waals surface area contributed by atoms with Gasteiger partial charge in [0.15, 0.2) is 0 Å². The van der Waals surface area contributed by atoms with E-state index in [1.807, 2.05) is 27.7 Å². The molecule has 0 aromatic rings. The molecule has 1 saturated carbocycles. The Hall–Kier alpha value is -1.37. The van der Waals surface area contributed by atoms with Crippen LogP contribution in [0.1, 0.15) is 60.3 Å². The van der Waals surface area contributed by atoms with E-state index in [0.29, 0.717) is 13.0 Å². The van der Waals surface area contributed by atoms with Gasteiger partial charge in [0.25, 0.3) is 0 Å². The van der Waals surface area contributed by atoms with Gasteiger partial charge in [-0.15, -0.1) is 0 Å². The molecular weight excluding hydrogens is 356 g/mol. The average Bonchev–Trinajstić information content (AvgIpc) is 3.05. The van der Waals surface area contributed by atoms with Crippen molar-refractivity contribution in [3.63, 3.8) is 0 Å². The summed E-state index contributed by atoms with van der Waals surface area (Å²) in [6, 6.07) is 0. The standard InChI is InChI=1S/C19H30O6S/c1-17(2,3)15(21)24-13-8-7-12(19(5)11-23-16(26)25-19)18(13,4)10-9-14(20)22-6/h12-13H,7-11H2,1-6H3/t12-,13+,18+,19-/m1/s1. The van der Waals surface area contributed by atoms with Gasteiger partial charge in [0.05, 0.1) is 12.5 Å². The van der Waals surface area contributed by atoms with Crippen LogP contribution < -0.4 is 0 Å². The summed E-state index contributed by atoms with van der Waals surface area (Å²) in [5.41, 5.74) is -1.61. The predicted molar refractivity (Wildman–Crippen MR) is 99.5 cm³/mol. The van der Waals surface area contributed by atoms with Crippen molar-refractivity contribution in [3.05, 3.63) is 0 Å². The van der Waals surface area contributed by atoms with Crippen LogP contribution in [0.4, 0.5) is 0 Å². The molecule has 2 rings (SSSR count).